The molecule has 1 aromatic rings. The summed E-state index contributed by atoms with van der Waals surface area (Å²) in [5.41, 5.74) is 3.51. The third-order valence-electron chi connectivity index (χ3n) is 5.16. The minimum atomic E-state index is 0.0338. The van der Waals surface area contributed by atoms with Crippen LogP contribution in [0.5, 0.6) is 0 Å². The highest BCUT2D eigenvalue weighted by molar-refractivity contribution is 5.86. The van der Waals surface area contributed by atoms with Crippen LogP contribution in [0, 0.1) is 13.8 Å². The predicted octanol–water partition coefficient (Wildman–Crippen LogP) is 1.58. The number of amides is 1. The van der Waals surface area contributed by atoms with Crippen LogP contribution in [0.3, 0.4) is 0 Å². The van der Waals surface area contributed by atoms with Crippen LogP contribution in [0.1, 0.15) is 56.0 Å². The van der Waals surface area contributed by atoms with Gasteiger partial charge in [-0.15, -0.1) is 0 Å². The molecule has 146 valence electrons. The van der Waals surface area contributed by atoms with E-state index in [-0.39, 0.29) is 18.5 Å². The summed E-state index contributed by atoms with van der Waals surface area (Å²) in [6, 6.07) is 0.521. The van der Waals surface area contributed by atoms with Gasteiger partial charge in [-0.1, -0.05) is 19.3 Å². The Kier molecular flexibility index (Phi) is 7.48. The molecule has 7 heteroatoms. The zero-order chi connectivity index (χ0) is 19.1. The first-order valence-corrected chi connectivity index (χ1v) is 9.66. The number of aryl methyl sites for hydroxylation is 2. The molecule has 1 aliphatic carbocycles. The number of hydrogen-bond donors (Lipinski definition) is 3. The Bertz CT molecular complexity index is 630. The molecule has 3 N–H and O–H groups in total. The predicted molar refractivity (Wildman–Crippen MR) is 105 cm³/mol. The molecule has 1 aliphatic rings. The summed E-state index contributed by atoms with van der Waals surface area (Å²) in [6.07, 6.45) is 6.77. The summed E-state index contributed by atoms with van der Waals surface area (Å²) >= 11 is 0. The van der Waals surface area contributed by atoms with E-state index in [9.17, 15) is 4.79 Å². The zero-order valence-corrected chi connectivity index (χ0v) is 16.9. The van der Waals surface area contributed by atoms with E-state index < -0.39 is 0 Å². The molecule has 1 unspecified atom stereocenters. The molecule has 1 heterocycles. The van der Waals surface area contributed by atoms with Gasteiger partial charge in [0.2, 0.25) is 5.91 Å². The van der Waals surface area contributed by atoms with Gasteiger partial charge in [-0.2, -0.15) is 5.10 Å². The van der Waals surface area contributed by atoms with E-state index in [0.29, 0.717) is 12.0 Å². The van der Waals surface area contributed by atoms with Crippen LogP contribution < -0.4 is 16.0 Å². The minimum absolute atomic E-state index is 0.0338. The SMILES string of the molecule is CN=C(NCC(=O)NC1CCCCC1)NC(C)Cc1c(C)nn(C)c1C. The highest BCUT2D eigenvalue weighted by Gasteiger charge is 2.17. The largest absolute Gasteiger partial charge is 0.354 e. The second kappa shape index (κ2) is 9.59. The number of rotatable bonds is 6. The van der Waals surface area contributed by atoms with Crippen molar-refractivity contribution in [1.29, 1.82) is 0 Å². The van der Waals surface area contributed by atoms with Crippen molar-refractivity contribution < 1.29 is 4.79 Å². The molecule has 0 aromatic carbocycles. The average molecular weight is 363 g/mol. The lowest BCUT2D eigenvalue weighted by Crippen LogP contribution is -2.48. The van der Waals surface area contributed by atoms with E-state index in [0.717, 1.165) is 25.0 Å². The monoisotopic (exact) mass is 362 g/mol. The Morgan fingerprint density at radius 2 is 2.00 bits per heavy atom. The number of hydrogen-bond acceptors (Lipinski definition) is 3. The first-order chi connectivity index (χ1) is 12.4. The fourth-order valence-corrected chi connectivity index (χ4v) is 3.59. The highest BCUT2D eigenvalue weighted by atomic mass is 16.2. The Labute approximate surface area is 157 Å². The zero-order valence-electron chi connectivity index (χ0n) is 16.9. The van der Waals surface area contributed by atoms with E-state index in [2.05, 4.69) is 39.9 Å². The van der Waals surface area contributed by atoms with E-state index in [4.69, 9.17) is 0 Å². The van der Waals surface area contributed by atoms with Gasteiger partial charge in [0.05, 0.1) is 12.2 Å². The van der Waals surface area contributed by atoms with Crippen molar-refractivity contribution in [2.24, 2.45) is 12.0 Å². The Hall–Kier alpha value is -2.05. The van der Waals surface area contributed by atoms with Crippen molar-refractivity contribution in [2.75, 3.05) is 13.6 Å². The van der Waals surface area contributed by atoms with Crippen LogP contribution in [0.15, 0.2) is 4.99 Å². The minimum Gasteiger partial charge on any atom is -0.354 e. The van der Waals surface area contributed by atoms with Crippen molar-refractivity contribution in [3.63, 3.8) is 0 Å². The third kappa shape index (κ3) is 5.75. The van der Waals surface area contributed by atoms with Gasteiger partial charge in [0.1, 0.15) is 0 Å². The Morgan fingerprint density at radius 1 is 1.31 bits per heavy atom. The fraction of sp³-hybridized carbons (Fsp3) is 0.737. The second-order valence-electron chi connectivity index (χ2n) is 7.35. The molecule has 1 atom stereocenters. The second-order valence-corrected chi connectivity index (χ2v) is 7.35. The Morgan fingerprint density at radius 3 is 2.58 bits per heavy atom. The molecule has 0 aliphatic heterocycles. The maximum Gasteiger partial charge on any atom is 0.239 e. The van der Waals surface area contributed by atoms with E-state index >= 15 is 0 Å². The topological polar surface area (TPSA) is 83.3 Å². The number of carbonyl (C=O) groups is 1. The highest BCUT2D eigenvalue weighted by Crippen LogP contribution is 2.17. The molecular formula is C19H34N6O. The molecule has 1 amide bonds. The average Bonchev–Trinajstić information content (AvgIpc) is 2.85. The van der Waals surface area contributed by atoms with Gasteiger partial charge in [0.15, 0.2) is 5.96 Å². The van der Waals surface area contributed by atoms with Crippen molar-refractivity contribution >= 4 is 11.9 Å². The van der Waals surface area contributed by atoms with E-state index in [1.165, 1.54) is 30.5 Å². The number of carbonyl (C=O) groups excluding carboxylic acids is 1. The number of guanidine groups is 1. The number of aromatic nitrogens is 2. The summed E-state index contributed by atoms with van der Waals surface area (Å²) in [7, 11) is 3.69. The molecule has 1 saturated carbocycles. The van der Waals surface area contributed by atoms with Gasteiger partial charge in [-0.05, 0) is 45.6 Å². The van der Waals surface area contributed by atoms with Gasteiger partial charge in [-0.3, -0.25) is 14.5 Å². The van der Waals surface area contributed by atoms with Gasteiger partial charge in [0.25, 0.3) is 0 Å². The standard InChI is InChI=1S/C19H34N6O/c1-13(11-17-14(2)24-25(5)15(17)3)22-19(20-4)21-12-18(26)23-16-9-7-6-8-10-16/h13,16H,6-12H2,1-5H3,(H,23,26)(H2,20,21,22). The van der Waals surface area contributed by atoms with Crippen LogP contribution in [0.4, 0.5) is 0 Å². The summed E-state index contributed by atoms with van der Waals surface area (Å²) in [4.78, 5) is 16.4. The van der Waals surface area contributed by atoms with Crippen LogP contribution in [-0.2, 0) is 18.3 Å². The Balaban J connectivity index is 1.78. The molecular weight excluding hydrogens is 328 g/mol. The number of aliphatic imine (C=N–C) groups is 1. The molecule has 0 spiro atoms. The van der Waals surface area contributed by atoms with Gasteiger partial charge >= 0.3 is 0 Å². The van der Waals surface area contributed by atoms with Gasteiger partial charge in [-0.25, -0.2) is 0 Å². The van der Waals surface area contributed by atoms with Crippen molar-refractivity contribution in [2.45, 2.75) is 71.4 Å². The lowest BCUT2D eigenvalue weighted by Gasteiger charge is -2.23. The van der Waals surface area contributed by atoms with Crippen molar-refractivity contribution in [3.8, 4) is 0 Å². The van der Waals surface area contributed by atoms with Crippen LogP contribution in [0.2, 0.25) is 0 Å². The lowest BCUT2D eigenvalue weighted by atomic mass is 9.95. The fourth-order valence-electron chi connectivity index (χ4n) is 3.59. The maximum absolute atomic E-state index is 12.1. The summed E-state index contributed by atoms with van der Waals surface area (Å²) in [5, 5.41) is 14.1. The molecule has 1 fully saturated rings. The molecule has 1 aromatic heterocycles. The summed E-state index contributed by atoms with van der Waals surface area (Å²) in [5.74, 6) is 0.682. The van der Waals surface area contributed by atoms with Gasteiger partial charge in [0, 0.05) is 31.9 Å². The molecule has 0 radical (unpaired) electrons. The molecule has 0 saturated heterocycles. The molecule has 0 bridgehead atoms. The van der Waals surface area contributed by atoms with Crippen LogP contribution in [0.25, 0.3) is 0 Å². The third-order valence-corrected chi connectivity index (χ3v) is 5.16. The van der Waals surface area contributed by atoms with E-state index in [1.807, 2.05) is 18.7 Å². The van der Waals surface area contributed by atoms with Gasteiger partial charge < -0.3 is 16.0 Å². The summed E-state index contributed by atoms with van der Waals surface area (Å²) in [6.45, 7) is 6.48. The van der Waals surface area contributed by atoms with E-state index in [1.54, 1.807) is 7.05 Å². The quantitative estimate of drug-likeness (QED) is 0.530. The summed E-state index contributed by atoms with van der Waals surface area (Å²) < 4.78 is 1.92. The van der Waals surface area contributed by atoms with Crippen molar-refractivity contribution in [3.05, 3.63) is 17.0 Å². The van der Waals surface area contributed by atoms with Crippen LogP contribution >= 0.6 is 0 Å². The van der Waals surface area contributed by atoms with Crippen molar-refractivity contribution in [1.82, 2.24) is 25.7 Å². The normalized spacial score (nSPS) is 17.0. The molecule has 26 heavy (non-hydrogen) atoms. The first kappa shape index (κ1) is 20.3. The number of nitrogens with one attached hydrogen (secondary N) is 3. The molecule has 7 nitrogen and oxygen atoms in total. The number of nitrogens with zero attached hydrogens (tertiary/aromatic N) is 3. The maximum atomic E-state index is 12.1. The smallest absolute Gasteiger partial charge is 0.239 e. The first-order valence-electron chi connectivity index (χ1n) is 9.66. The lowest BCUT2D eigenvalue weighted by molar-refractivity contribution is -0.120. The van der Waals surface area contributed by atoms with Crippen LogP contribution in [-0.4, -0.2) is 47.3 Å². The molecule has 2 rings (SSSR count).